The van der Waals surface area contributed by atoms with E-state index in [-0.39, 0.29) is 5.82 Å². The Labute approximate surface area is 101 Å². The molecule has 1 N–H and O–H groups in total. The molecule has 0 aromatic heterocycles. The molecule has 2 aromatic carbocycles. The molecule has 1 nitrogen and oxygen atoms in total. The van der Waals surface area contributed by atoms with Crippen LogP contribution in [0.25, 0.3) is 0 Å². The molecule has 0 spiro atoms. The fourth-order valence-corrected chi connectivity index (χ4v) is 1.62. The number of hydrogen-bond donors (Lipinski definition) is 1. The van der Waals surface area contributed by atoms with Gasteiger partial charge in [0, 0.05) is 6.21 Å². The van der Waals surface area contributed by atoms with Crippen LogP contribution >= 0.6 is 0 Å². The highest BCUT2D eigenvalue weighted by Crippen LogP contribution is 2.03. The van der Waals surface area contributed by atoms with Gasteiger partial charge in [0.05, 0.1) is 0 Å². The molecule has 0 saturated heterocycles. The summed E-state index contributed by atoms with van der Waals surface area (Å²) in [6.45, 7) is 0. The molecule has 0 atom stereocenters. The Morgan fingerprint density at radius 2 is 1.88 bits per heavy atom. The van der Waals surface area contributed by atoms with Crippen molar-refractivity contribution in [2.75, 3.05) is 0 Å². The Morgan fingerprint density at radius 3 is 2.53 bits per heavy atom. The first kappa shape index (κ1) is 11.6. The average molecular weight is 224 g/mol. The van der Waals surface area contributed by atoms with E-state index in [1.165, 1.54) is 18.3 Å². The van der Waals surface area contributed by atoms with Gasteiger partial charge in [0.1, 0.15) is 5.82 Å². The highest BCUT2D eigenvalue weighted by Gasteiger charge is 1.89. The summed E-state index contributed by atoms with van der Waals surface area (Å²) in [5.41, 5.74) is 2.93. The Bertz CT molecular complexity index is 508. The van der Waals surface area contributed by atoms with Crippen LogP contribution in [0.3, 0.4) is 0 Å². The van der Waals surface area contributed by atoms with Gasteiger partial charge in [0.25, 0.3) is 0 Å². The molecule has 0 saturated carbocycles. The molecular formula is C14H12BFN-. The lowest BCUT2D eigenvalue weighted by Gasteiger charge is -2.16. The van der Waals surface area contributed by atoms with E-state index in [0.717, 1.165) is 22.9 Å². The molecule has 84 valence electrons. The Balaban J connectivity index is 1.99. The maximum atomic E-state index is 12.9. The van der Waals surface area contributed by atoms with E-state index in [1.54, 1.807) is 6.07 Å². The first-order valence-electron chi connectivity index (χ1n) is 5.46. The van der Waals surface area contributed by atoms with Crippen LogP contribution in [-0.2, 0) is 6.32 Å². The summed E-state index contributed by atoms with van der Waals surface area (Å²) in [4.78, 5) is 0. The summed E-state index contributed by atoms with van der Waals surface area (Å²) in [6, 6.07) is 14.3. The molecule has 0 fully saturated rings. The van der Waals surface area contributed by atoms with Crippen molar-refractivity contribution in [1.29, 1.82) is 5.41 Å². The van der Waals surface area contributed by atoms with Crippen LogP contribution in [0.15, 0.2) is 48.5 Å². The average Bonchev–Trinajstić information content (AvgIpc) is 2.37. The maximum absolute atomic E-state index is 12.9. The van der Waals surface area contributed by atoms with Crippen molar-refractivity contribution in [2.24, 2.45) is 0 Å². The molecule has 0 aliphatic heterocycles. The van der Waals surface area contributed by atoms with Crippen LogP contribution in [-0.4, -0.2) is 13.5 Å². The SMILES string of the molecule is N=Cc1ccc(C[B-]c2cccc(F)c2)cc1. The lowest BCUT2D eigenvalue weighted by Crippen LogP contribution is -2.16. The predicted octanol–water partition coefficient (Wildman–Crippen LogP) is 2.35. The summed E-state index contributed by atoms with van der Waals surface area (Å²) in [7, 11) is 1.99. The van der Waals surface area contributed by atoms with Crippen LogP contribution in [0.1, 0.15) is 11.1 Å². The van der Waals surface area contributed by atoms with E-state index in [1.807, 2.05) is 37.6 Å². The second kappa shape index (κ2) is 5.44. The monoisotopic (exact) mass is 224 g/mol. The summed E-state index contributed by atoms with van der Waals surface area (Å²) >= 11 is 0. The first-order chi connectivity index (χ1) is 8.28. The fourth-order valence-electron chi connectivity index (χ4n) is 1.62. The van der Waals surface area contributed by atoms with Gasteiger partial charge < -0.3 is 5.41 Å². The van der Waals surface area contributed by atoms with E-state index in [4.69, 9.17) is 5.41 Å². The Hall–Kier alpha value is -1.90. The van der Waals surface area contributed by atoms with Crippen molar-refractivity contribution < 1.29 is 4.39 Å². The molecule has 0 heterocycles. The molecule has 17 heavy (non-hydrogen) atoms. The predicted molar refractivity (Wildman–Crippen MR) is 69.8 cm³/mol. The minimum Gasteiger partial charge on any atom is -0.308 e. The second-order valence-corrected chi connectivity index (χ2v) is 3.85. The van der Waals surface area contributed by atoms with E-state index in [9.17, 15) is 4.39 Å². The normalized spacial score (nSPS) is 10.2. The molecule has 0 amide bonds. The van der Waals surface area contributed by atoms with Crippen molar-refractivity contribution in [2.45, 2.75) is 6.32 Å². The molecule has 2 aromatic rings. The van der Waals surface area contributed by atoms with E-state index in [0.29, 0.717) is 0 Å². The lowest BCUT2D eigenvalue weighted by molar-refractivity contribution is 0.629. The zero-order valence-corrected chi connectivity index (χ0v) is 9.36. The van der Waals surface area contributed by atoms with Gasteiger partial charge in [0.2, 0.25) is 0 Å². The molecule has 2 rings (SSSR count). The molecule has 0 unspecified atom stereocenters. The van der Waals surface area contributed by atoms with Gasteiger partial charge >= 0.3 is 0 Å². The summed E-state index contributed by atoms with van der Waals surface area (Å²) in [5.74, 6) is -0.210. The van der Waals surface area contributed by atoms with Crippen LogP contribution < -0.4 is 5.46 Å². The van der Waals surface area contributed by atoms with Crippen molar-refractivity contribution in [3.8, 4) is 0 Å². The second-order valence-electron chi connectivity index (χ2n) is 3.85. The topological polar surface area (TPSA) is 23.9 Å². The van der Waals surface area contributed by atoms with Crippen molar-refractivity contribution >= 4 is 19.0 Å². The third-order valence-corrected chi connectivity index (χ3v) is 2.57. The fraction of sp³-hybridized carbons (Fsp3) is 0.0714. The standard InChI is InChI=1S/C14H12BFN/c16-14-3-1-2-13(8-14)15-9-11-4-6-12(10-17)7-5-11/h1-8,10,17H,9H2/q-1. The van der Waals surface area contributed by atoms with Gasteiger partial charge in [0.15, 0.2) is 0 Å². The number of rotatable bonds is 4. The smallest absolute Gasteiger partial charge is 0.119 e. The molecule has 0 aliphatic carbocycles. The minimum atomic E-state index is -0.210. The van der Waals surface area contributed by atoms with Gasteiger partial charge in [-0.1, -0.05) is 42.0 Å². The summed E-state index contributed by atoms with van der Waals surface area (Å²) in [6.07, 6.45) is 2.09. The zero-order valence-electron chi connectivity index (χ0n) is 9.36. The van der Waals surface area contributed by atoms with E-state index >= 15 is 0 Å². The van der Waals surface area contributed by atoms with Crippen LogP contribution in [0.2, 0.25) is 0 Å². The van der Waals surface area contributed by atoms with E-state index < -0.39 is 0 Å². The third-order valence-electron chi connectivity index (χ3n) is 2.57. The van der Waals surface area contributed by atoms with Gasteiger partial charge in [-0.3, -0.25) is 12.7 Å². The summed E-state index contributed by atoms with van der Waals surface area (Å²) in [5, 5.41) is 7.10. The Kier molecular flexibility index (Phi) is 3.71. The largest absolute Gasteiger partial charge is 0.308 e. The number of nitrogens with one attached hydrogen (secondary N) is 1. The quantitative estimate of drug-likeness (QED) is 0.608. The summed E-state index contributed by atoms with van der Waals surface area (Å²) < 4.78 is 12.9. The minimum absolute atomic E-state index is 0.210. The van der Waals surface area contributed by atoms with Crippen molar-refractivity contribution in [3.05, 3.63) is 65.5 Å². The van der Waals surface area contributed by atoms with Gasteiger partial charge in [-0.15, -0.1) is 6.07 Å². The number of hydrogen-bond acceptors (Lipinski definition) is 1. The molecular weight excluding hydrogens is 212 g/mol. The molecule has 0 bridgehead atoms. The van der Waals surface area contributed by atoms with Gasteiger partial charge in [-0.25, -0.2) is 10.7 Å². The van der Waals surface area contributed by atoms with Crippen LogP contribution in [0.5, 0.6) is 0 Å². The molecule has 2 radical (unpaired) electrons. The number of halogens is 1. The third kappa shape index (κ3) is 3.28. The molecule has 0 aliphatic rings. The highest BCUT2D eigenvalue weighted by molar-refractivity contribution is 6.52. The first-order valence-corrected chi connectivity index (χ1v) is 5.46. The van der Waals surface area contributed by atoms with Crippen LogP contribution in [0, 0.1) is 11.2 Å². The molecule has 3 heteroatoms. The highest BCUT2D eigenvalue weighted by atomic mass is 19.1. The van der Waals surface area contributed by atoms with Crippen molar-refractivity contribution in [3.63, 3.8) is 0 Å². The van der Waals surface area contributed by atoms with Crippen LogP contribution in [0.4, 0.5) is 4.39 Å². The maximum Gasteiger partial charge on any atom is 0.119 e. The number of benzene rings is 2. The van der Waals surface area contributed by atoms with E-state index in [2.05, 4.69) is 0 Å². The lowest BCUT2D eigenvalue weighted by atomic mass is 9.65. The Morgan fingerprint density at radius 1 is 1.12 bits per heavy atom. The van der Waals surface area contributed by atoms with Crippen molar-refractivity contribution in [1.82, 2.24) is 0 Å². The van der Waals surface area contributed by atoms with Gasteiger partial charge in [-0.2, -0.15) is 0 Å². The zero-order chi connectivity index (χ0) is 12.1. The van der Waals surface area contributed by atoms with Gasteiger partial charge in [-0.05, 0) is 11.6 Å².